The van der Waals surface area contributed by atoms with Crippen LogP contribution >= 0.6 is 0 Å². The highest BCUT2D eigenvalue weighted by Gasteiger charge is 2.18. The van der Waals surface area contributed by atoms with Crippen molar-refractivity contribution in [2.24, 2.45) is 5.92 Å². The van der Waals surface area contributed by atoms with Crippen molar-refractivity contribution < 1.29 is 9.47 Å². The zero-order valence-electron chi connectivity index (χ0n) is 12.6. The molecule has 0 saturated heterocycles. The second kappa shape index (κ2) is 6.27. The van der Waals surface area contributed by atoms with Crippen LogP contribution < -0.4 is 9.47 Å². The van der Waals surface area contributed by atoms with Crippen molar-refractivity contribution in [1.82, 2.24) is 15.0 Å². The van der Waals surface area contributed by atoms with E-state index in [1.54, 1.807) is 25.0 Å². The summed E-state index contributed by atoms with van der Waals surface area (Å²) in [5.41, 5.74) is 1.88. The number of benzene rings is 1. The van der Waals surface area contributed by atoms with Gasteiger partial charge in [0.15, 0.2) is 5.69 Å². The van der Waals surface area contributed by atoms with Gasteiger partial charge in [-0.2, -0.15) is 5.26 Å². The largest absolute Gasteiger partial charge is 0.497 e. The fourth-order valence-electron chi connectivity index (χ4n) is 2.11. The van der Waals surface area contributed by atoms with Crippen molar-refractivity contribution in [3.63, 3.8) is 0 Å². The van der Waals surface area contributed by atoms with Gasteiger partial charge in [-0.15, -0.1) is 5.10 Å². The van der Waals surface area contributed by atoms with Crippen LogP contribution in [0.15, 0.2) is 18.2 Å². The molecule has 0 radical (unpaired) electrons. The van der Waals surface area contributed by atoms with E-state index >= 15 is 0 Å². The molecule has 0 spiro atoms. The van der Waals surface area contributed by atoms with E-state index < -0.39 is 0 Å². The summed E-state index contributed by atoms with van der Waals surface area (Å²) in [6.07, 6.45) is 0.713. The van der Waals surface area contributed by atoms with Crippen LogP contribution in [0.25, 0.3) is 5.69 Å². The molecule has 110 valence electrons. The average Bonchev–Trinajstić information content (AvgIpc) is 2.88. The molecule has 0 aliphatic heterocycles. The van der Waals surface area contributed by atoms with Crippen LogP contribution in [0, 0.1) is 17.2 Å². The molecule has 6 nitrogen and oxygen atoms in total. The van der Waals surface area contributed by atoms with E-state index in [0.29, 0.717) is 29.5 Å². The van der Waals surface area contributed by atoms with Crippen molar-refractivity contribution in [3.8, 4) is 23.3 Å². The number of nitriles is 1. The van der Waals surface area contributed by atoms with Crippen LogP contribution in [0.2, 0.25) is 0 Å². The van der Waals surface area contributed by atoms with E-state index in [0.717, 1.165) is 11.4 Å². The molecule has 0 unspecified atom stereocenters. The molecule has 0 amide bonds. The Labute approximate surface area is 123 Å². The molecule has 1 aromatic heterocycles. The number of rotatable bonds is 5. The Hall–Kier alpha value is -2.55. The second-order valence-electron chi connectivity index (χ2n) is 5.04. The lowest BCUT2D eigenvalue weighted by Crippen LogP contribution is -2.08. The molecule has 1 heterocycles. The predicted molar refractivity (Wildman–Crippen MR) is 77.7 cm³/mol. The van der Waals surface area contributed by atoms with Gasteiger partial charge < -0.3 is 9.47 Å². The van der Waals surface area contributed by atoms with Gasteiger partial charge in [0.1, 0.15) is 23.3 Å². The van der Waals surface area contributed by atoms with Crippen LogP contribution in [0.1, 0.15) is 25.2 Å². The Balaban J connectivity index is 2.56. The van der Waals surface area contributed by atoms with Crippen molar-refractivity contribution in [3.05, 3.63) is 29.6 Å². The number of ether oxygens (including phenoxy) is 2. The van der Waals surface area contributed by atoms with E-state index in [1.165, 1.54) is 0 Å². The molecule has 2 aromatic rings. The Morgan fingerprint density at radius 3 is 2.62 bits per heavy atom. The maximum Gasteiger partial charge on any atom is 0.186 e. The van der Waals surface area contributed by atoms with Gasteiger partial charge in [0.2, 0.25) is 0 Å². The number of hydrogen-bond acceptors (Lipinski definition) is 5. The molecule has 0 saturated carbocycles. The van der Waals surface area contributed by atoms with E-state index in [2.05, 4.69) is 30.2 Å². The molecule has 0 aliphatic carbocycles. The van der Waals surface area contributed by atoms with Crippen molar-refractivity contribution in [2.45, 2.75) is 20.3 Å². The van der Waals surface area contributed by atoms with Gasteiger partial charge in [0.25, 0.3) is 0 Å². The molecule has 0 N–H and O–H groups in total. The summed E-state index contributed by atoms with van der Waals surface area (Å²) >= 11 is 0. The summed E-state index contributed by atoms with van der Waals surface area (Å²) in [4.78, 5) is 0. The fraction of sp³-hybridized carbons (Fsp3) is 0.400. The molecular weight excluding hydrogens is 268 g/mol. The van der Waals surface area contributed by atoms with Crippen molar-refractivity contribution in [1.29, 1.82) is 5.26 Å². The van der Waals surface area contributed by atoms with Gasteiger partial charge in [0.05, 0.1) is 19.9 Å². The summed E-state index contributed by atoms with van der Waals surface area (Å²) in [6, 6.07) is 7.54. The summed E-state index contributed by atoms with van der Waals surface area (Å²) in [6.45, 7) is 4.17. The summed E-state index contributed by atoms with van der Waals surface area (Å²) in [7, 11) is 3.18. The highest BCUT2D eigenvalue weighted by atomic mass is 16.5. The standard InChI is InChI=1S/C15H18N4O2/c1-10(2)7-14-12(9-16)17-18-19(14)13-6-5-11(20-3)8-15(13)21-4/h5-6,8,10H,7H2,1-4H3. The Kier molecular flexibility index (Phi) is 4.43. The smallest absolute Gasteiger partial charge is 0.186 e. The monoisotopic (exact) mass is 286 g/mol. The highest BCUT2D eigenvalue weighted by molar-refractivity contribution is 5.51. The van der Waals surface area contributed by atoms with Crippen LogP contribution in [0.3, 0.4) is 0 Å². The minimum atomic E-state index is 0.349. The Bertz CT molecular complexity index is 671. The lowest BCUT2D eigenvalue weighted by Gasteiger charge is -2.13. The van der Waals surface area contributed by atoms with E-state index in [4.69, 9.17) is 9.47 Å². The van der Waals surface area contributed by atoms with Crippen molar-refractivity contribution in [2.75, 3.05) is 14.2 Å². The van der Waals surface area contributed by atoms with E-state index in [1.807, 2.05) is 12.1 Å². The fourth-order valence-corrected chi connectivity index (χ4v) is 2.11. The number of nitrogens with zero attached hydrogens (tertiary/aromatic N) is 4. The zero-order chi connectivity index (χ0) is 15.4. The topological polar surface area (TPSA) is 73.0 Å². The minimum absolute atomic E-state index is 0.349. The third-order valence-corrected chi connectivity index (χ3v) is 3.09. The number of aromatic nitrogens is 3. The van der Waals surface area contributed by atoms with E-state index in [9.17, 15) is 5.26 Å². The SMILES string of the molecule is COc1ccc(-n2nnc(C#N)c2CC(C)C)c(OC)c1. The first kappa shape index (κ1) is 14.9. The summed E-state index contributed by atoms with van der Waals surface area (Å²) in [5, 5.41) is 17.2. The van der Waals surface area contributed by atoms with Crippen LogP contribution in [-0.2, 0) is 6.42 Å². The van der Waals surface area contributed by atoms with Gasteiger partial charge in [-0.05, 0) is 24.5 Å². The second-order valence-corrected chi connectivity index (χ2v) is 5.04. The van der Waals surface area contributed by atoms with Gasteiger partial charge in [0, 0.05) is 6.07 Å². The maximum absolute atomic E-state index is 9.18. The lowest BCUT2D eigenvalue weighted by atomic mass is 10.1. The van der Waals surface area contributed by atoms with Crippen molar-refractivity contribution >= 4 is 0 Å². The first-order chi connectivity index (χ1) is 10.1. The molecule has 0 bridgehead atoms. The number of hydrogen-bond donors (Lipinski definition) is 0. The molecule has 6 heteroatoms. The third kappa shape index (κ3) is 2.97. The molecule has 0 aliphatic rings. The molecule has 21 heavy (non-hydrogen) atoms. The average molecular weight is 286 g/mol. The van der Waals surface area contributed by atoms with Crippen LogP contribution in [-0.4, -0.2) is 29.2 Å². The van der Waals surface area contributed by atoms with Gasteiger partial charge in [-0.3, -0.25) is 0 Å². The molecule has 1 aromatic carbocycles. The lowest BCUT2D eigenvalue weighted by molar-refractivity contribution is 0.392. The zero-order valence-corrected chi connectivity index (χ0v) is 12.6. The molecule has 2 rings (SSSR count). The third-order valence-electron chi connectivity index (χ3n) is 3.09. The van der Waals surface area contributed by atoms with Gasteiger partial charge in [-0.1, -0.05) is 19.1 Å². The normalized spacial score (nSPS) is 10.5. The van der Waals surface area contributed by atoms with Crippen LogP contribution in [0.4, 0.5) is 0 Å². The predicted octanol–water partition coefficient (Wildman–Crippen LogP) is 2.35. The van der Waals surface area contributed by atoms with Gasteiger partial charge in [-0.25, -0.2) is 4.68 Å². The maximum atomic E-state index is 9.18. The minimum Gasteiger partial charge on any atom is -0.497 e. The van der Waals surface area contributed by atoms with Gasteiger partial charge >= 0.3 is 0 Å². The molecule has 0 fully saturated rings. The summed E-state index contributed by atoms with van der Waals surface area (Å²) < 4.78 is 12.2. The Morgan fingerprint density at radius 1 is 1.29 bits per heavy atom. The Morgan fingerprint density at radius 2 is 2.05 bits per heavy atom. The van der Waals surface area contributed by atoms with E-state index in [-0.39, 0.29) is 0 Å². The highest BCUT2D eigenvalue weighted by Crippen LogP contribution is 2.29. The van der Waals surface area contributed by atoms with Crippen LogP contribution in [0.5, 0.6) is 11.5 Å². The summed E-state index contributed by atoms with van der Waals surface area (Å²) in [5.74, 6) is 1.70. The first-order valence-corrected chi connectivity index (χ1v) is 6.67. The quantitative estimate of drug-likeness (QED) is 0.843. The first-order valence-electron chi connectivity index (χ1n) is 6.67. The molecular formula is C15H18N4O2. The number of methoxy groups -OCH3 is 2. The molecule has 0 atom stereocenters.